The monoisotopic (exact) mass is 376 g/mol. The van der Waals surface area contributed by atoms with Crippen LogP contribution in [0, 0.1) is 15.9 Å². The van der Waals surface area contributed by atoms with Gasteiger partial charge in [-0.2, -0.15) is 4.98 Å². The van der Waals surface area contributed by atoms with Crippen LogP contribution in [-0.2, 0) is 0 Å². The molecule has 0 spiro atoms. The Labute approximate surface area is 153 Å². The van der Waals surface area contributed by atoms with E-state index >= 15 is 0 Å². The summed E-state index contributed by atoms with van der Waals surface area (Å²) in [5, 5.41) is 26.2. The predicted molar refractivity (Wildman–Crippen MR) is 94.6 cm³/mol. The third-order valence-corrected chi connectivity index (χ3v) is 4.10. The molecule has 11 heteroatoms. The maximum Gasteiger partial charge on any atom is 0.407 e. The average Bonchev–Trinajstić information content (AvgIpc) is 2.64. The van der Waals surface area contributed by atoms with Crippen molar-refractivity contribution in [2.24, 2.45) is 0 Å². The van der Waals surface area contributed by atoms with Crippen LogP contribution >= 0.6 is 0 Å². The smallest absolute Gasteiger partial charge is 0.407 e. The van der Waals surface area contributed by atoms with Crippen molar-refractivity contribution >= 4 is 29.2 Å². The fourth-order valence-corrected chi connectivity index (χ4v) is 2.80. The van der Waals surface area contributed by atoms with Gasteiger partial charge in [-0.1, -0.05) is 0 Å². The number of likely N-dealkylation sites (tertiary alicyclic amines) is 1. The van der Waals surface area contributed by atoms with Gasteiger partial charge in [-0.15, -0.1) is 0 Å². The highest BCUT2D eigenvalue weighted by molar-refractivity contribution is 5.65. The Morgan fingerprint density at radius 1 is 1.37 bits per heavy atom. The summed E-state index contributed by atoms with van der Waals surface area (Å²) >= 11 is 0. The number of anilines is 3. The second-order valence-corrected chi connectivity index (χ2v) is 6.03. The molecule has 0 saturated carbocycles. The van der Waals surface area contributed by atoms with Crippen molar-refractivity contribution in [3.8, 4) is 0 Å². The van der Waals surface area contributed by atoms with E-state index in [-0.39, 0.29) is 30.0 Å². The summed E-state index contributed by atoms with van der Waals surface area (Å²) in [5.74, 6) is -0.301. The summed E-state index contributed by atoms with van der Waals surface area (Å²) < 4.78 is 13.0. The number of aromatic nitrogens is 2. The number of carboxylic acid groups (broad SMARTS) is 1. The Morgan fingerprint density at radius 3 is 2.78 bits per heavy atom. The van der Waals surface area contributed by atoms with E-state index < -0.39 is 16.8 Å². The molecule has 0 aliphatic carbocycles. The number of hydrogen-bond acceptors (Lipinski definition) is 7. The number of benzene rings is 1. The maximum absolute atomic E-state index is 13.0. The van der Waals surface area contributed by atoms with Gasteiger partial charge in [-0.25, -0.2) is 14.2 Å². The molecule has 1 atom stereocenters. The van der Waals surface area contributed by atoms with Crippen LogP contribution in [-0.4, -0.2) is 50.1 Å². The first kappa shape index (κ1) is 18.3. The van der Waals surface area contributed by atoms with Crippen LogP contribution < -0.4 is 10.6 Å². The highest BCUT2D eigenvalue weighted by atomic mass is 19.1. The van der Waals surface area contributed by atoms with Crippen molar-refractivity contribution in [2.75, 3.05) is 23.7 Å². The van der Waals surface area contributed by atoms with Crippen LogP contribution in [0.2, 0.25) is 0 Å². The minimum atomic E-state index is -1.03. The highest BCUT2D eigenvalue weighted by Gasteiger charge is 2.26. The normalized spacial score (nSPS) is 16.6. The molecule has 10 nitrogen and oxygen atoms in total. The van der Waals surface area contributed by atoms with Gasteiger partial charge in [0.05, 0.1) is 4.92 Å². The number of rotatable bonds is 5. The van der Waals surface area contributed by atoms with Crippen molar-refractivity contribution in [3.63, 3.8) is 0 Å². The molecule has 1 saturated heterocycles. The Bertz CT molecular complexity index is 847. The zero-order chi connectivity index (χ0) is 19.4. The SMILES string of the molecule is O=C(O)N1CCCC(Nc2nc(Nc3ccc(F)cc3)ncc2[N+](=O)[O-])C1. The predicted octanol–water partition coefficient (Wildman–Crippen LogP) is 2.82. The van der Waals surface area contributed by atoms with Crippen LogP contribution in [0.4, 0.5) is 32.3 Å². The lowest BCUT2D eigenvalue weighted by molar-refractivity contribution is -0.384. The van der Waals surface area contributed by atoms with E-state index in [0.29, 0.717) is 25.1 Å². The molecule has 0 bridgehead atoms. The van der Waals surface area contributed by atoms with Gasteiger partial charge in [0.1, 0.15) is 12.0 Å². The molecule has 1 aliphatic rings. The van der Waals surface area contributed by atoms with Crippen LogP contribution in [0.1, 0.15) is 12.8 Å². The average molecular weight is 376 g/mol. The van der Waals surface area contributed by atoms with Crippen molar-refractivity contribution in [1.82, 2.24) is 14.9 Å². The lowest BCUT2D eigenvalue weighted by Crippen LogP contribution is -2.44. The molecule has 3 N–H and O–H groups in total. The largest absolute Gasteiger partial charge is 0.465 e. The molecule has 2 aromatic rings. The van der Waals surface area contributed by atoms with Gasteiger partial charge in [-0.3, -0.25) is 10.1 Å². The molecule has 3 rings (SSSR count). The third kappa shape index (κ3) is 4.57. The number of amides is 1. The summed E-state index contributed by atoms with van der Waals surface area (Å²) in [6.45, 7) is 0.633. The molecular formula is C16H17FN6O4. The van der Waals surface area contributed by atoms with E-state index in [2.05, 4.69) is 20.6 Å². The van der Waals surface area contributed by atoms with Crippen molar-refractivity contribution in [3.05, 3.63) is 46.4 Å². The van der Waals surface area contributed by atoms with Gasteiger partial charge in [0.2, 0.25) is 11.8 Å². The van der Waals surface area contributed by atoms with Crippen LogP contribution in [0.15, 0.2) is 30.5 Å². The zero-order valence-corrected chi connectivity index (χ0v) is 14.1. The van der Waals surface area contributed by atoms with Crippen LogP contribution in [0.5, 0.6) is 0 Å². The lowest BCUT2D eigenvalue weighted by atomic mass is 10.1. The number of piperidine rings is 1. The minimum Gasteiger partial charge on any atom is -0.465 e. The van der Waals surface area contributed by atoms with Crippen LogP contribution in [0.25, 0.3) is 0 Å². The molecule has 1 aromatic carbocycles. The summed E-state index contributed by atoms with van der Waals surface area (Å²) in [4.78, 5) is 31.1. The number of halogens is 1. The quantitative estimate of drug-likeness (QED) is 0.536. The molecule has 1 aromatic heterocycles. The topological polar surface area (TPSA) is 134 Å². The van der Waals surface area contributed by atoms with Gasteiger partial charge >= 0.3 is 11.8 Å². The lowest BCUT2D eigenvalue weighted by Gasteiger charge is -2.31. The molecular weight excluding hydrogens is 359 g/mol. The second-order valence-electron chi connectivity index (χ2n) is 6.03. The van der Waals surface area contributed by atoms with E-state index in [1.807, 2.05) is 0 Å². The van der Waals surface area contributed by atoms with E-state index in [9.17, 15) is 19.3 Å². The number of nitrogens with one attached hydrogen (secondary N) is 2. The number of nitro groups is 1. The Hall–Kier alpha value is -3.50. The first-order chi connectivity index (χ1) is 12.9. The van der Waals surface area contributed by atoms with E-state index in [0.717, 1.165) is 6.20 Å². The molecule has 0 radical (unpaired) electrons. The molecule has 1 amide bonds. The van der Waals surface area contributed by atoms with Gasteiger partial charge in [0.15, 0.2) is 0 Å². The molecule has 1 unspecified atom stereocenters. The van der Waals surface area contributed by atoms with E-state index in [4.69, 9.17) is 5.11 Å². The number of nitrogens with zero attached hydrogens (tertiary/aromatic N) is 4. The summed E-state index contributed by atoms with van der Waals surface area (Å²) in [6.07, 6.45) is 1.34. The highest BCUT2D eigenvalue weighted by Crippen LogP contribution is 2.26. The van der Waals surface area contributed by atoms with Crippen molar-refractivity contribution < 1.29 is 19.2 Å². The number of carbonyl (C=O) groups is 1. The van der Waals surface area contributed by atoms with Gasteiger partial charge in [-0.05, 0) is 37.1 Å². The van der Waals surface area contributed by atoms with Gasteiger partial charge < -0.3 is 20.6 Å². The van der Waals surface area contributed by atoms with Crippen molar-refractivity contribution in [1.29, 1.82) is 0 Å². The van der Waals surface area contributed by atoms with Crippen LogP contribution in [0.3, 0.4) is 0 Å². The molecule has 2 heterocycles. The molecule has 27 heavy (non-hydrogen) atoms. The van der Waals surface area contributed by atoms with E-state index in [1.165, 1.54) is 29.2 Å². The standard InChI is InChI=1S/C16H17FN6O4/c17-10-3-5-11(6-4-10)20-15-18-8-13(23(26)27)14(21-15)19-12-2-1-7-22(9-12)16(24)25/h3-6,8,12H,1-2,7,9H2,(H,24,25)(H2,18,19,20,21). The summed E-state index contributed by atoms with van der Waals surface area (Å²) in [5.41, 5.74) is 0.207. The molecule has 1 fully saturated rings. The first-order valence-electron chi connectivity index (χ1n) is 8.21. The minimum absolute atomic E-state index is 0.00292. The number of hydrogen-bond donors (Lipinski definition) is 3. The van der Waals surface area contributed by atoms with E-state index in [1.54, 1.807) is 0 Å². The zero-order valence-electron chi connectivity index (χ0n) is 14.1. The van der Waals surface area contributed by atoms with Gasteiger partial charge in [0, 0.05) is 24.8 Å². The van der Waals surface area contributed by atoms with Gasteiger partial charge in [0.25, 0.3) is 0 Å². The molecule has 142 valence electrons. The first-order valence-corrected chi connectivity index (χ1v) is 8.21. The Balaban J connectivity index is 1.80. The maximum atomic E-state index is 13.0. The Morgan fingerprint density at radius 2 is 2.11 bits per heavy atom. The van der Waals surface area contributed by atoms with Crippen molar-refractivity contribution in [2.45, 2.75) is 18.9 Å². The summed E-state index contributed by atoms with van der Waals surface area (Å²) in [7, 11) is 0. The fourth-order valence-electron chi connectivity index (χ4n) is 2.80. The second kappa shape index (κ2) is 7.81. The molecule has 1 aliphatic heterocycles. The summed E-state index contributed by atoms with van der Waals surface area (Å²) in [6, 6.07) is 5.19. The fraction of sp³-hybridized carbons (Fsp3) is 0.312. The third-order valence-electron chi connectivity index (χ3n) is 4.10. The Kier molecular flexibility index (Phi) is 5.29.